The number of thiazole rings is 1. The number of rotatable bonds is 7. The molecule has 0 aliphatic rings. The molecule has 0 spiro atoms. The molecule has 0 aliphatic heterocycles. The van der Waals surface area contributed by atoms with Gasteiger partial charge < -0.3 is 4.42 Å². The molecule has 170 valence electrons. The molecule has 1 N–H and O–H groups in total. The van der Waals surface area contributed by atoms with Crippen LogP contribution in [0.2, 0.25) is 0 Å². The van der Waals surface area contributed by atoms with Crippen LogP contribution in [0, 0.1) is 5.82 Å². The summed E-state index contributed by atoms with van der Waals surface area (Å²) in [5.41, 5.74) is 1.69. The van der Waals surface area contributed by atoms with Crippen molar-refractivity contribution in [1.82, 2.24) is 15.0 Å². The number of nitrogens with zero attached hydrogens (tertiary/aromatic N) is 4. The van der Waals surface area contributed by atoms with Crippen molar-refractivity contribution in [3.8, 4) is 22.6 Å². The third kappa shape index (κ3) is 4.76. The highest BCUT2D eigenvalue weighted by Crippen LogP contribution is 2.30. The summed E-state index contributed by atoms with van der Waals surface area (Å²) in [4.78, 5) is 25.8. The van der Waals surface area contributed by atoms with Gasteiger partial charge in [-0.3, -0.25) is 15.1 Å². The minimum Gasteiger partial charge on any atom is -0.417 e. The van der Waals surface area contributed by atoms with E-state index in [9.17, 15) is 17.6 Å². The number of benzene rings is 1. The zero-order valence-electron chi connectivity index (χ0n) is 17.5. The third-order valence-corrected chi connectivity index (χ3v) is 7.12. The Balaban J connectivity index is 1.68. The van der Waals surface area contributed by atoms with Gasteiger partial charge in [0.2, 0.25) is 15.8 Å². The number of oxazole rings is 1. The fourth-order valence-electron chi connectivity index (χ4n) is 2.83. The van der Waals surface area contributed by atoms with Crippen molar-refractivity contribution in [3.05, 3.63) is 65.6 Å². The van der Waals surface area contributed by atoms with Crippen molar-refractivity contribution in [2.24, 2.45) is 0 Å². The molecule has 4 rings (SSSR count). The standard InChI is InChI=1S/C21H18FN5O4S2/c1-3-33(29,30)27(2)21-25-17(13-7-9-14(22)10-8-13)18(31-21)19(28)26-20-24-16(12-32-20)15-6-4-5-11-23-15/h4-12H,3H2,1-2H3,(H,24,26,28). The quantitative estimate of drug-likeness (QED) is 0.418. The van der Waals surface area contributed by atoms with Crippen LogP contribution < -0.4 is 9.62 Å². The second-order valence-electron chi connectivity index (χ2n) is 6.76. The zero-order chi connectivity index (χ0) is 23.6. The summed E-state index contributed by atoms with van der Waals surface area (Å²) < 4.78 is 44.4. The highest BCUT2D eigenvalue weighted by atomic mass is 32.2. The van der Waals surface area contributed by atoms with Crippen LogP contribution in [0.15, 0.2) is 58.5 Å². The van der Waals surface area contributed by atoms with E-state index in [1.165, 1.54) is 49.6 Å². The molecule has 0 unspecified atom stereocenters. The molecule has 9 nitrogen and oxygen atoms in total. The Morgan fingerprint density at radius 3 is 2.58 bits per heavy atom. The molecule has 12 heteroatoms. The number of halogens is 1. The summed E-state index contributed by atoms with van der Waals surface area (Å²) in [7, 11) is -2.41. The summed E-state index contributed by atoms with van der Waals surface area (Å²) in [5.74, 6) is -1.57. The van der Waals surface area contributed by atoms with Crippen LogP contribution in [-0.4, -0.2) is 42.1 Å². The first-order chi connectivity index (χ1) is 15.8. The molecule has 0 radical (unpaired) electrons. The van der Waals surface area contributed by atoms with Gasteiger partial charge in [-0.05, 0) is 43.3 Å². The number of carbonyl (C=O) groups is 1. The van der Waals surface area contributed by atoms with Crippen LogP contribution in [0.4, 0.5) is 15.5 Å². The maximum Gasteiger partial charge on any atom is 0.312 e. The molecule has 0 atom stereocenters. The summed E-state index contributed by atoms with van der Waals surface area (Å²) in [5, 5.41) is 4.67. The van der Waals surface area contributed by atoms with Gasteiger partial charge in [0.05, 0.1) is 11.4 Å². The number of nitrogens with one attached hydrogen (secondary N) is 1. The van der Waals surface area contributed by atoms with Gasteiger partial charge in [0.15, 0.2) is 5.13 Å². The summed E-state index contributed by atoms with van der Waals surface area (Å²) >= 11 is 1.19. The topological polar surface area (TPSA) is 118 Å². The van der Waals surface area contributed by atoms with E-state index in [0.717, 1.165) is 4.31 Å². The molecule has 3 heterocycles. The summed E-state index contributed by atoms with van der Waals surface area (Å²) in [6.07, 6.45) is 1.64. The zero-order valence-corrected chi connectivity index (χ0v) is 19.2. The average Bonchev–Trinajstić information content (AvgIpc) is 3.47. The monoisotopic (exact) mass is 487 g/mol. The van der Waals surface area contributed by atoms with Gasteiger partial charge in [0.1, 0.15) is 17.2 Å². The van der Waals surface area contributed by atoms with Crippen LogP contribution in [0.25, 0.3) is 22.6 Å². The van der Waals surface area contributed by atoms with Crippen LogP contribution >= 0.6 is 11.3 Å². The lowest BCUT2D eigenvalue weighted by atomic mass is 10.1. The van der Waals surface area contributed by atoms with Gasteiger partial charge in [0.25, 0.3) is 5.91 Å². The van der Waals surface area contributed by atoms with Gasteiger partial charge in [0, 0.05) is 24.2 Å². The average molecular weight is 488 g/mol. The van der Waals surface area contributed by atoms with Crippen molar-refractivity contribution >= 4 is 38.4 Å². The minimum atomic E-state index is -3.69. The number of pyridine rings is 1. The first-order valence-electron chi connectivity index (χ1n) is 9.70. The predicted molar refractivity (Wildman–Crippen MR) is 123 cm³/mol. The van der Waals surface area contributed by atoms with Gasteiger partial charge in [-0.2, -0.15) is 4.98 Å². The molecule has 0 saturated carbocycles. The van der Waals surface area contributed by atoms with Crippen LogP contribution in [0.5, 0.6) is 0 Å². The van der Waals surface area contributed by atoms with Gasteiger partial charge in [-0.15, -0.1) is 11.3 Å². The summed E-state index contributed by atoms with van der Waals surface area (Å²) in [6.45, 7) is 1.48. The van der Waals surface area contributed by atoms with Crippen LogP contribution in [-0.2, 0) is 10.0 Å². The van der Waals surface area contributed by atoms with E-state index in [4.69, 9.17) is 4.42 Å². The molecule has 1 aromatic carbocycles. The molecule has 0 fully saturated rings. The highest BCUT2D eigenvalue weighted by Gasteiger charge is 2.28. The Kier molecular flexibility index (Phi) is 6.20. The second kappa shape index (κ2) is 9.08. The van der Waals surface area contributed by atoms with Gasteiger partial charge >= 0.3 is 6.01 Å². The number of amides is 1. The van der Waals surface area contributed by atoms with Gasteiger partial charge in [-0.1, -0.05) is 6.07 Å². The number of hydrogen-bond donors (Lipinski definition) is 1. The largest absolute Gasteiger partial charge is 0.417 e. The molecule has 33 heavy (non-hydrogen) atoms. The molecule has 0 aliphatic carbocycles. The maximum atomic E-state index is 13.4. The van der Waals surface area contributed by atoms with E-state index in [1.54, 1.807) is 23.7 Å². The first-order valence-corrected chi connectivity index (χ1v) is 12.2. The van der Waals surface area contributed by atoms with Crippen molar-refractivity contribution in [1.29, 1.82) is 0 Å². The highest BCUT2D eigenvalue weighted by molar-refractivity contribution is 7.92. The molecule has 1 amide bonds. The van der Waals surface area contributed by atoms with E-state index in [-0.39, 0.29) is 28.4 Å². The Morgan fingerprint density at radius 1 is 1.15 bits per heavy atom. The van der Waals surface area contributed by atoms with Crippen molar-refractivity contribution in [2.75, 3.05) is 22.4 Å². The Morgan fingerprint density at radius 2 is 1.91 bits per heavy atom. The number of aromatic nitrogens is 3. The normalized spacial score (nSPS) is 11.4. The Bertz CT molecular complexity index is 1390. The lowest BCUT2D eigenvalue weighted by Crippen LogP contribution is -2.28. The molecule has 0 bridgehead atoms. The fourth-order valence-corrected chi connectivity index (χ4v) is 4.23. The molecular formula is C21H18FN5O4S2. The third-order valence-electron chi connectivity index (χ3n) is 4.64. The molecule has 3 aromatic heterocycles. The number of hydrogen-bond acceptors (Lipinski definition) is 8. The SMILES string of the molecule is CCS(=O)(=O)N(C)c1nc(-c2ccc(F)cc2)c(C(=O)Nc2nc(-c3ccccn3)cs2)o1. The predicted octanol–water partition coefficient (Wildman–Crippen LogP) is 4.04. The smallest absolute Gasteiger partial charge is 0.312 e. The van der Waals surface area contributed by atoms with E-state index in [0.29, 0.717) is 17.0 Å². The maximum absolute atomic E-state index is 13.4. The minimum absolute atomic E-state index is 0.0714. The number of carbonyl (C=O) groups excluding carboxylic acids is 1. The van der Waals surface area contributed by atoms with E-state index >= 15 is 0 Å². The number of sulfonamides is 1. The van der Waals surface area contributed by atoms with Crippen molar-refractivity contribution < 1.29 is 22.0 Å². The van der Waals surface area contributed by atoms with E-state index < -0.39 is 21.7 Å². The Hall–Kier alpha value is -3.64. The van der Waals surface area contributed by atoms with Crippen LogP contribution in [0.1, 0.15) is 17.5 Å². The lowest BCUT2D eigenvalue weighted by Gasteiger charge is -2.12. The van der Waals surface area contributed by atoms with Crippen molar-refractivity contribution in [2.45, 2.75) is 6.92 Å². The van der Waals surface area contributed by atoms with Gasteiger partial charge in [-0.25, -0.2) is 22.1 Å². The second-order valence-corrected chi connectivity index (χ2v) is 9.90. The van der Waals surface area contributed by atoms with E-state index in [2.05, 4.69) is 20.3 Å². The van der Waals surface area contributed by atoms with Crippen molar-refractivity contribution in [3.63, 3.8) is 0 Å². The molecule has 4 aromatic rings. The Labute approximate surface area is 193 Å². The first kappa shape index (κ1) is 22.6. The summed E-state index contributed by atoms with van der Waals surface area (Å²) in [6, 6.07) is 10.4. The van der Waals surface area contributed by atoms with Crippen LogP contribution in [0.3, 0.4) is 0 Å². The lowest BCUT2D eigenvalue weighted by molar-refractivity contribution is 0.0998. The molecular weight excluding hydrogens is 469 g/mol. The number of anilines is 2. The fraction of sp³-hybridized carbons (Fsp3) is 0.143. The van der Waals surface area contributed by atoms with E-state index in [1.807, 2.05) is 6.07 Å². The molecule has 0 saturated heterocycles.